The van der Waals surface area contributed by atoms with E-state index in [1.165, 1.54) is 7.11 Å². The van der Waals surface area contributed by atoms with Crippen molar-refractivity contribution < 1.29 is 19.1 Å². The minimum atomic E-state index is -1.69. The third-order valence-corrected chi connectivity index (χ3v) is 3.59. The summed E-state index contributed by atoms with van der Waals surface area (Å²) in [5.41, 5.74) is 2.78. The lowest BCUT2D eigenvalue weighted by Gasteiger charge is -2.14. The van der Waals surface area contributed by atoms with Crippen LogP contribution in [0.2, 0.25) is 19.6 Å². The molecule has 0 aliphatic rings. The smallest absolute Gasteiger partial charge is 0.412 e. The summed E-state index contributed by atoms with van der Waals surface area (Å²) in [5.74, 6) is -0.575. The van der Waals surface area contributed by atoms with Gasteiger partial charge in [-0.05, 0) is 5.56 Å². The van der Waals surface area contributed by atoms with E-state index in [2.05, 4.69) is 10.1 Å². The monoisotopic (exact) mass is 307 g/mol. The second-order valence-corrected chi connectivity index (χ2v) is 10.6. The van der Waals surface area contributed by atoms with Gasteiger partial charge in [0.2, 0.25) is 0 Å². The zero-order chi connectivity index (χ0) is 15.9. The molecule has 1 rings (SSSR count). The van der Waals surface area contributed by atoms with Gasteiger partial charge in [0.15, 0.2) is 0 Å². The molecule has 0 bridgehead atoms. The Morgan fingerprint density at radius 1 is 1.19 bits per heavy atom. The van der Waals surface area contributed by atoms with Gasteiger partial charge in [0.1, 0.15) is 12.3 Å². The Bertz CT molecular complexity index is 520. The second kappa shape index (κ2) is 7.63. The van der Waals surface area contributed by atoms with Gasteiger partial charge in [0.25, 0.3) is 0 Å². The molecule has 1 aromatic carbocycles. The van der Waals surface area contributed by atoms with Crippen molar-refractivity contribution in [1.82, 2.24) is 5.32 Å². The predicted molar refractivity (Wildman–Crippen MR) is 83.2 cm³/mol. The average Bonchev–Trinajstić information content (AvgIpc) is 2.43. The van der Waals surface area contributed by atoms with Crippen molar-refractivity contribution in [2.45, 2.75) is 26.2 Å². The van der Waals surface area contributed by atoms with Crippen molar-refractivity contribution in [3.8, 4) is 0 Å². The first-order valence-corrected chi connectivity index (χ1v) is 10.2. The Labute approximate surface area is 126 Å². The number of alkyl carbamates (subject to hydrolysis) is 1. The van der Waals surface area contributed by atoms with Crippen LogP contribution < -0.4 is 5.32 Å². The van der Waals surface area contributed by atoms with Crippen molar-refractivity contribution in [1.29, 1.82) is 0 Å². The molecule has 0 aliphatic carbocycles. The minimum absolute atomic E-state index is 0.134. The second-order valence-electron chi connectivity index (χ2n) is 5.60. The first-order chi connectivity index (χ1) is 9.81. The first-order valence-electron chi connectivity index (χ1n) is 6.61. The third-order valence-electron chi connectivity index (χ3n) is 2.43. The highest BCUT2D eigenvalue weighted by molar-refractivity contribution is 6.81. The first kappa shape index (κ1) is 17.0. The van der Waals surface area contributed by atoms with Crippen LogP contribution in [0, 0.1) is 0 Å². The van der Waals surface area contributed by atoms with E-state index in [9.17, 15) is 9.59 Å². The lowest BCUT2D eigenvalue weighted by atomic mass is 10.2. The van der Waals surface area contributed by atoms with Gasteiger partial charge in [-0.1, -0.05) is 55.7 Å². The van der Waals surface area contributed by atoms with E-state index in [-0.39, 0.29) is 12.3 Å². The fourth-order valence-electron chi connectivity index (χ4n) is 1.56. The summed E-state index contributed by atoms with van der Waals surface area (Å²) >= 11 is 0. The maximum absolute atomic E-state index is 11.8. The molecule has 5 nitrogen and oxygen atoms in total. The highest BCUT2D eigenvalue weighted by atomic mass is 28.3. The normalized spacial score (nSPS) is 11.7. The summed E-state index contributed by atoms with van der Waals surface area (Å²) in [6, 6.07) is 9.32. The summed E-state index contributed by atoms with van der Waals surface area (Å²) in [5, 5.41) is 2.45. The highest BCUT2D eigenvalue weighted by Gasteiger charge is 2.19. The van der Waals surface area contributed by atoms with Gasteiger partial charge >= 0.3 is 12.1 Å². The molecule has 0 spiro atoms. The molecule has 0 saturated carbocycles. The van der Waals surface area contributed by atoms with Gasteiger partial charge in [-0.25, -0.2) is 9.59 Å². The zero-order valence-corrected chi connectivity index (χ0v) is 13.8. The van der Waals surface area contributed by atoms with Gasteiger partial charge in [0, 0.05) is 0 Å². The van der Waals surface area contributed by atoms with Gasteiger partial charge in [0.05, 0.1) is 15.2 Å². The van der Waals surface area contributed by atoms with E-state index in [1.54, 1.807) is 5.70 Å². The third kappa shape index (κ3) is 6.76. The number of hydrogen-bond acceptors (Lipinski definition) is 4. The number of methoxy groups -OCH3 is 1. The largest absolute Gasteiger partial charge is 0.464 e. The van der Waals surface area contributed by atoms with Crippen LogP contribution in [0.15, 0.2) is 41.7 Å². The molecular formula is C15H21NO4Si. The van der Waals surface area contributed by atoms with Crippen LogP contribution in [0.5, 0.6) is 0 Å². The van der Waals surface area contributed by atoms with Crippen LogP contribution in [-0.2, 0) is 20.9 Å². The number of nitrogens with one attached hydrogen (secondary N) is 1. The molecule has 21 heavy (non-hydrogen) atoms. The van der Waals surface area contributed by atoms with Crippen molar-refractivity contribution in [2.75, 3.05) is 7.11 Å². The molecule has 0 saturated heterocycles. The molecule has 114 valence electrons. The van der Waals surface area contributed by atoms with Gasteiger partial charge in [-0.2, -0.15) is 0 Å². The Hall–Kier alpha value is -2.08. The minimum Gasteiger partial charge on any atom is -0.464 e. The van der Waals surface area contributed by atoms with Crippen LogP contribution >= 0.6 is 0 Å². The van der Waals surface area contributed by atoms with Gasteiger partial charge in [-0.15, -0.1) is 0 Å². The molecule has 1 N–H and O–H groups in total. The summed E-state index contributed by atoms with van der Waals surface area (Å²) in [6.07, 6.45) is -0.672. The van der Waals surface area contributed by atoms with E-state index in [0.29, 0.717) is 0 Å². The number of carbonyl (C=O) groups is 2. The van der Waals surface area contributed by atoms with E-state index in [4.69, 9.17) is 4.74 Å². The summed E-state index contributed by atoms with van der Waals surface area (Å²) in [4.78, 5) is 23.4. The average molecular weight is 307 g/mol. The number of benzene rings is 1. The van der Waals surface area contributed by atoms with Gasteiger partial charge in [-0.3, -0.25) is 5.32 Å². The Morgan fingerprint density at radius 2 is 1.81 bits per heavy atom. The van der Waals surface area contributed by atoms with Crippen molar-refractivity contribution in [3.63, 3.8) is 0 Å². The maximum atomic E-state index is 11.8. The van der Waals surface area contributed by atoms with Crippen LogP contribution in [-0.4, -0.2) is 27.2 Å². The summed E-state index contributed by atoms with van der Waals surface area (Å²) < 4.78 is 9.75. The van der Waals surface area contributed by atoms with Crippen LogP contribution in [0.3, 0.4) is 0 Å². The molecule has 1 aromatic rings. The van der Waals surface area contributed by atoms with Crippen molar-refractivity contribution >= 4 is 20.1 Å². The molecule has 0 aliphatic heterocycles. The molecule has 0 aromatic heterocycles. The fraction of sp³-hybridized carbons (Fsp3) is 0.333. The van der Waals surface area contributed by atoms with E-state index in [1.807, 2.05) is 50.0 Å². The lowest BCUT2D eigenvalue weighted by Crippen LogP contribution is -2.32. The quantitative estimate of drug-likeness (QED) is 0.516. The topological polar surface area (TPSA) is 64.6 Å². The number of ether oxygens (including phenoxy) is 2. The zero-order valence-electron chi connectivity index (χ0n) is 12.8. The lowest BCUT2D eigenvalue weighted by molar-refractivity contribution is -0.136. The molecule has 0 heterocycles. The SMILES string of the molecule is COC(=O)/C(=C/[Si](C)(C)C)NC(=O)OCc1ccccc1. The van der Waals surface area contributed by atoms with Crippen LogP contribution in [0.1, 0.15) is 5.56 Å². The molecule has 1 amide bonds. The molecule has 0 unspecified atom stereocenters. The van der Waals surface area contributed by atoms with Crippen molar-refractivity contribution in [3.05, 3.63) is 47.3 Å². The van der Waals surface area contributed by atoms with E-state index >= 15 is 0 Å². The molecule has 0 fully saturated rings. The van der Waals surface area contributed by atoms with Crippen LogP contribution in [0.4, 0.5) is 4.79 Å². The Morgan fingerprint density at radius 3 is 2.33 bits per heavy atom. The highest BCUT2D eigenvalue weighted by Crippen LogP contribution is 2.07. The Kier molecular flexibility index (Phi) is 6.17. The standard InChI is InChI=1S/C15H21NO4Si/c1-19-14(17)13(11-21(2,3)4)16-15(18)20-10-12-8-6-5-7-9-12/h5-9,11H,10H2,1-4H3,(H,16,18)/b13-11-. The molecular weight excluding hydrogens is 286 g/mol. The Balaban J connectivity index is 2.65. The molecule has 0 radical (unpaired) electrons. The summed E-state index contributed by atoms with van der Waals surface area (Å²) in [7, 11) is -0.411. The number of carbonyl (C=O) groups excluding carboxylic acids is 2. The van der Waals surface area contributed by atoms with Crippen molar-refractivity contribution in [2.24, 2.45) is 0 Å². The number of rotatable bonds is 5. The molecule has 6 heteroatoms. The predicted octanol–water partition coefficient (Wildman–Crippen LogP) is 2.85. The molecule has 0 atom stereocenters. The fourth-order valence-corrected chi connectivity index (χ4v) is 2.61. The van der Waals surface area contributed by atoms with E-state index < -0.39 is 20.1 Å². The number of amides is 1. The summed E-state index contributed by atoms with van der Waals surface area (Å²) in [6.45, 7) is 6.29. The van der Waals surface area contributed by atoms with Crippen LogP contribution in [0.25, 0.3) is 0 Å². The van der Waals surface area contributed by atoms with Gasteiger partial charge < -0.3 is 9.47 Å². The number of hydrogen-bond donors (Lipinski definition) is 1. The number of esters is 1. The maximum Gasteiger partial charge on any atom is 0.412 e. The van der Waals surface area contributed by atoms with E-state index in [0.717, 1.165) is 5.56 Å².